The Labute approximate surface area is 262 Å². The van der Waals surface area contributed by atoms with Gasteiger partial charge >= 0.3 is 0 Å². The Morgan fingerprint density at radius 3 is 1.98 bits per heavy atom. The molecule has 4 heteroatoms. The first-order valence-electron chi connectivity index (χ1n) is 17.2. The topological polar surface area (TPSA) is 9.23 Å². The molecule has 0 heterocycles. The second kappa shape index (κ2) is 15.8. The first kappa shape index (κ1) is 32.4. The predicted octanol–water partition coefficient (Wildman–Crippen LogP) is 12.6. The van der Waals surface area contributed by atoms with Crippen molar-refractivity contribution in [2.24, 2.45) is 17.8 Å². The lowest BCUT2D eigenvalue weighted by atomic mass is 9.70. The van der Waals surface area contributed by atoms with E-state index in [1.54, 1.807) is 36.4 Å². The lowest BCUT2D eigenvalue weighted by Crippen LogP contribution is -2.23. The van der Waals surface area contributed by atoms with Crippen LogP contribution in [0.2, 0.25) is 0 Å². The third-order valence-corrected chi connectivity index (χ3v) is 10.1. The minimum absolute atomic E-state index is 0.0648. The van der Waals surface area contributed by atoms with E-state index in [9.17, 15) is 8.78 Å². The van der Waals surface area contributed by atoms with Gasteiger partial charge in [0.1, 0.15) is 5.82 Å². The summed E-state index contributed by atoms with van der Waals surface area (Å²) in [5, 5.41) is 0. The van der Waals surface area contributed by atoms with Gasteiger partial charge < -0.3 is 4.74 Å². The van der Waals surface area contributed by atoms with Crippen molar-refractivity contribution in [2.75, 3.05) is 6.61 Å². The maximum absolute atomic E-state index is 15.4. The van der Waals surface area contributed by atoms with E-state index in [0.717, 1.165) is 55.4 Å². The Morgan fingerprint density at radius 1 is 0.659 bits per heavy atom. The number of ether oxygens (including phenoxy) is 1. The van der Waals surface area contributed by atoms with E-state index < -0.39 is 11.6 Å². The maximum atomic E-state index is 15.4. The molecule has 2 aliphatic carbocycles. The Bertz CT molecular complexity index is 1380. The van der Waals surface area contributed by atoms with Crippen molar-refractivity contribution in [3.8, 4) is 28.0 Å². The fourth-order valence-electron chi connectivity index (χ4n) is 7.35. The third-order valence-electron chi connectivity index (χ3n) is 10.1. The zero-order chi connectivity index (χ0) is 30.9. The molecule has 0 amide bonds. The monoisotopic (exact) mass is 602 g/mol. The van der Waals surface area contributed by atoms with Crippen LogP contribution in [0.5, 0.6) is 5.75 Å². The Hall–Kier alpha value is -3.01. The summed E-state index contributed by atoms with van der Waals surface area (Å²) in [5.74, 6) is 0.333. The molecule has 3 aromatic carbocycles. The fraction of sp³-hybridized carbons (Fsp3) is 0.500. The van der Waals surface area contributed by atoms with E-state index in [0.29, 0.717) is 23.3 Å². The van der Waals surface area contributed by atoms with E-state index in [1.165, 1.54) is 69.4 Å². The molecule has 44 heavy (non-hydrogen) atoms. The first-order chi connectivity index (χ1) is 21.5. The van der Waals surface area contributed by atoms with Crippen LogP contribution in [0.15, 0.2) is 60.7 Å². The molecule has 3 aromatic rings. The predicted molar refractivity (Wildman–Crippen MR) is 177 cm³/mol. The average Bonchev–Trinajstić information content (AvgIpc) is 3.06. The number of hydrogen-bond acceptors (Lipinski definition) is 1. The molecule has 0 saturated heterocycles. The zero-order valence-electron chi connectivity index (χ0n) is 26.7. The van der Waals surface area contributed by atoms with Gasteiger partial charge in [-0.3, -0.25) is 0 Å². The molecule has 0 radical (unpaired) electrons. The Morgan fingerprint density at radius 2 is 1.32 bits per heavy atom. The van der Waals surface area contributed by atoms with Crippen LogP contribution in [0.3, 0.4) is 0 Å². The van der Waals surface area contributed by atoms with Crippen LogP contribution in [0, 0.1) is 35.2 Å². The molecule has 0 aliphatic heterocycles. The van der Waals surface area contributed by atoms with Crippen LogP contribution < -0.4 is 4.74 Å². The van der Waals surface area contributed by atoms with Gasteiger partial charge in [0.15, 0.2) is 11.6 Å². The van der Waals surface area contributed by atoms with Crippen LogP contribution in [0.25, 0.3) is 27.8 Å². The lowest BCUT2D eigenvalue weighted by Gasteiger charge is -2.35. The molecular formula is C40H49F3O. The second-order valence-corrected chi connectivity index (χ2v) is 13.1. The van der Waals surface area contributed by atoms with E-state index in [-0.39, 0.29) is 17.1 Å². The minimum Gasteiger partial charge on any atom is -0.490 e. The van der Waals surface area contributed by atoms with Crippen molar-refractivity contribution in [3.05, 3.63) is 83.7 Å². The first-order valence-corrected chi connectivity index (χ1v) is 17.2. The number of hydrogen-bond donors (Lipinski definition) is 0. The largest absolute Gasteiger partial charge is 0.490 e. The molecule has 5 rings (SSSR count). The molecule has 0 N–H and O–H groups in total. The van der Waals surface area contributed by atoms with Gasteiger partial charge in [-0.25, -0.2) is 8.78 Å². The van der Waals surface area contributed by atoms with Crippen LogP contribution in [-0.4, -0.2) is 6.61 Å². The molecule has 1 fully saturated rings. The summed E-state index contributed by atoms with van der Waals surface area (Å²) in [7, 11) is 0. The maximum Gasteiger partial charge on any atom is 0.201 e. The van der Waals surface area contributed by atoms with Crippen molar-refractivity contribution >= 4 is 5.57 Å². The highest BCUT2D eigenvalue weighted by molar-refractivity contribution is 5.74. The van der Waals surface area contributed by atoms with Crippen molar-refractivity contribution in [2.45, 2.75) is 104 Å². The van der Waals surface area contributed by atoms with Crippen LogP contribution in [0.1, 0.15) is 109 Å². The molecule has 1 saturated carbocycles. The smallest absolute Gasteiger partial charge is 0.201 e. The highest BCUT2D eigenvalue weighted by Gasteiger charge is 2.29. The number of benzene rings is 3. The van der Waals surface area contributed by atoms with Crippen molar-refractivity contribution < 1.29 is 17.9 Å². The van der Waals surface area contributed by atoms with Gasteiger partial charge in [-0.05, 0) is 96.7 Å². The lowest BCUT2D eigenvalue weighted by molar-refractivity contribution is 0.187. The summed E-state index contributed by atoms with van der Waals surface area (Å²) in [6, 6.07) is 15.5. The summed E-state index contributed by atoms with van der Waals surface area (Å²) in [6.45, 7) is 4.72. The van der Waals surface area contributed by atoms with E-state index in [2.05, 4.69) is 19.9 Å². The number of allylic oxidation sites excluding steroid dienone is 2. The fourth-order valence-corrected chi connectivity index (χ4v) is 7.35. The van der Waals surface area contributed by atoms with Crippen LogP contribution in [0.4, 0.5) is 13.2 Å². The summed E-state index contributed by atoms with van der Waals surface area (Å²) >= 11 is 0. The molecule has 0 bridgehead atoms. The summed E-state index contributed by atoms with van der Waals surface area (Å²) in [6.07, 6.45) is 19.6. The number of rotatable bonds is 13. The van der Waals surface area contributed by atoms with Gasteiger partial charge in [0, 0.05) is 11.1 Å². The molecule has 1 atom stereocenters. The van der Waals surface area contributed by atoms with E-state index in [4.69, 9.17) is 4.74 Å². The second-order valence-electron chi connectivity index (χ2n) is 13.1. The SMILES string of the molecule is CCCCCOc1ccc(-c2ccc(-c3ccc(C4=CCC(C5CCC(CCCCC)CC5)CC4)cc3F)cc2)c(F)c1F. The van der Waals surface area contributed by atoms with Gasteiger partial charge in [-0.1, -0.05) is 108 Å². The highest BCUT2D eigenvalue weighted by atomic mass is 19.2. The highest BCUT2D eigenvalue weighted by Crippen LogP contribution is 2.42. The quantitative estimate of drug-likeness (QED) is 0.177. The van der Waals surface area contributed by atoms with Crippen molar-refractivity contribution in [3.63, 3.8) is 0 Å². The standard InChI is InChI=1S/C40H49F3O/c1-3-5-7-9-28-10-12-29(13-11-28)30-14-16-31(17-15-30)34-22-23-35(37(41)27-34)32-18-20-33(21-19-32)36-24-25-38(40(43)39(36)42)44-26-8-6-4-2/h16,18-25,27-30H,3-15,17,26H2,1-2H3. The molecule has 0 spiro atoms. The number of halogens is 3. The summed E-state index contributed by atoms with van der Waals surface area (Å²) in [5.41, 5.74) is 4.13. The molecular weight excluding hydrogens is 553 g/mol. The third kappa shape index (κ3) is 7.98. The number of unbranched alkanes of at least 4 members (excludes halogenated alkanes) is 4. The van der Waals surface area contributed by atoms with Crippen molar-refractivity contribution in [1.29, 1.82) is 0 Å². The zero-order valence-corrected chi connectivity index (χ0v) is 26.7. The van der Waals surface area contributed by atoms with E-state index >= 15 is 4.39 Å². The summed E-state index contributed by atoms with van der Waals surface area (Å²) in [4.78, 5) is 0. The van der Waals surface area contributed by atoms with Gasteiger partial charge in [0.05, 0.1) is 6.61 Å². The Kier molecular flexibility index (Phi) is 11.6. The minimum atomic E-state index is -0.974. The van der Waals surface area contributed by atoms with Gasteiger partial charge in [0.25, 0.3) is 0 Å². The van der Waals surface area contributed by atoms with Crippen LogP contribution in [-0.2, 0) is 0 Å². The van der Waals surface area contributed by atoms with Crippen molar-refractivity contribution in [1.82, 2.24) is 0 Å². The van der Waals surface area contributed by atoms with E-state index in [1.807, 2.05) is 12.1 Å². The van der Waals surface area contributed by atoms with Gasteiger partial charge in [0.2, 0.25) is 5.82 Å². The molecule has 2 aliphatic rings. The van der Waals surface area contributed by atoms with Crippen LogP contribution >= 0.6 is 0 Å². The molecule has 0 aromatic heterocycles. The average molecular weight is 603 g/mol. The normalized spacial score (nSPS) is 20.4. The Balaban J connectivity index is 1.19. The summed E-state index contributed by atoms with van der Waals surface area (Å²) < 4.78 is 50.4. The van der Waals surface area contributed by atoms with Gasteiger partial charge in [-0.15, -0.1) is 0 Å². The molecule has 236 valence electrons. The molecule has 1 nitrogen and oxygen atoms in total. The molecule has 1 unspecified atom stereocenters. The van der Waals surface area contributed by atoms with Gasteiger partial charge in [-0.2, -0.15) is 4.39 Å².